The smallest absolute Gasteiger partial charge is 0.287 e. The van der Waals surface area contributed by atoms with E-state index in [1.807, 2.05) is 0 Å². The van der Waals surface area contributed by atoms with Crippen molar-refractivity contribution in [3.63, 3.8) is 0 Å². The molecule has 0 spiro atoms. The molecule has 3 rings (SSSR count). The molecule has 6 heteroatoms. The van der Waals surface area contributed by atoms with Gasteiger partial charge in [0.1, 0.15) is 0 Å². The summed E-state index contributed by atoms with van der Waals surface area (Å²) < 4.78 is 11.2. The van der Waals surface area contributed by atoms with E-state index in [0.29, 0.717) is 19.6 Å². The molecule has 0 aromatic rings. The molecule has 3 heterocycles. The van der Waals surface area contributed by atoms with Crippen LogP contribution >= 0.6 is 7.75 Å². The highest BCUT2D eigenvalue weighted by atomic mass is 31.2. The zero-order valence-corrected chi connectivity index (χ0v) is 7.78. The van der Waals surface area contributed by atoms with Crippen molar-refractivity contribution in [2.75, 3.05) is 39.3 Å². The van der Waals surface area contributed by atoms with Crippen molar-refractivity contribution in [1.29, 1.82) is 0 Å². The molecule has 0 aliphatic carbocycles. The van der Waals surface area contributed by atoms with Crippen molar-refractivity contribution in [2.45, 2.75) is 0 Å². The lowest BCUT2D eigenvalue weighted by atomic mass is 10.2. The molecule has 12 heavy (non-hydrogen) atoms. The van der Waals surface area contributed by atoms with Crippen molar-refractivity contribution < 1.29 is 18.6 Å². The second-order valence-corrected chi connectivity index (χ2v) is 5.50. The molecule has 3 aliphatic rings. The van der Waals surface area contributed by atoms with E-state index in [-0.39, 0.29) is 4.25 Å². The molecule has 0 amide bonds. The van der Waals surface area contributed by atoms with Crippen molar-refractivity contribution in [3.8, 4) is 0 Å². The molecule has 2 bridgehead atoms. The van der Waals surface area contributed by atoms with E-state index < -0.39 is 7.75 Å². The van der Waals surface area contributed by atoms with Gasteiger partial charge in [0.05, 0.1) is 19.6 Å². The lowest BCUT2D eigenvalue weighted by Crippen LogP contribution is -2.65. The fourth-order valence-corrected chi connectivity index (χ4v) is 3.09. The molecule has 0 aromatic heterocycles. The van der Waals surface area contributed by atoms with Crippen LogP contribution in [0.15, 0.2) is 0 Å². The Morgan fingerprint density at radius 1 is 1.08 bits per heavy atom. The number of rotatable bonds is 1. The third-order valence-electron chi connectivity index (χ3n) is 3.05. The van der Waals surface area contributed by atoms with Gasteiger partial charge in [-0.05, 0) is 0 Å². The number of fused-ring (bicyclic) bond motifs is 3. The summed E-state index contributed by atoms with van der Waals surface area (Å²) in [5.74, 6) is 0. The van der Waals surface area contributed by atoms with Gasteiger partial charge >= 0.3 is 7.75 Å². The van der Waals surface area contributed by atoms with Crippen molar-refractivity contribution in [1.82, 2.24) is 4.90 Å². The number of hydrogen-bond acceptors (Lipinski definition) is 2. The third-order valence-corrected chi connectivity index (χ3v) is 4.76. The van der Waals surface area contributed by atoms with Gasteiger partial charge in [-0.3, -0.25) is 14.7 Å². The van der Waals surface area contributed by atoms with Gasteiger partial charge in [0.15, 0.2) is 0 Å². The van der Waals surface area contributed by atoms with Crippen LogP contribution in [0.4, 0.5) is 0 Å². The minimum Gasteiger partial charge on any atom is -0.287 e. The molecule has 0 atom stereocenters. The SMILES string of the molecule is O=P(O)(O)[N+]12CCN(CC1)CC2. The van der Waals surface area contributed by atoms with Gasteiger partial charge in [0.2, 0.25) is 0 Å². The van der Waals surface area contributed by atoms with Crippen LogP contribution in [0.1, 0.15) is 0 Å². The molecular weight excluding hydrogens is 179 g/mol. The van der Waals surface area contributed by atoms with Gasteiger partial charge in [-0.1, -0.05) is 0 Å². The molecule has 0 unspecified atom stereocenters. The fraction of sp³-hybridized carbons (Fsp3) is 1.00. The summed E-state index contributed by atoms with van der Waals surface area (Å²) in [6, 6.07) is 0. The highest BCUT2D eigenvalue weighted by Gasteiger charge is 2.51. The lowest BCUT2D eigenvalue weighted by Gasteiger charge is -2.49. The highest BCUT2D eigenvalue weighted by molar-refractivity contribution is 7.45. The quantitative estimate of drug-likeness (QED) is 0.536. The van der Waals surface area contributed by atoms with Gasteiger partial charge in [-0.2, -0.15) is 0 Å². The normalized spacial score (nSPS) is 41.7. The predicted molar refractivity (Wildman–Crippen MR) is 43.3 cm³/mol. The first-order chi connectivity index (χ1) is 5.54. The van der Waals surface area contributed by atoms with Gasteiger partial charge in [0.25, 0.3) is 0 Å². The van der Waals surface area contributed by atoms with Crippen LogP contribution < -0.4 is 0 Å². The van der Waals surface area contributed by atoms with Crippen molar-refractivity contribution in [3.05, 3.63) is 0 Å². The summed E-state index contributed by atoms with van der Waals surface area (Å²) in [4.78, 5) is 20.6. The average Bonchev–Trinajstić information content (AvgIpc) is 2.06. The van der Waals surface area contributed by atoms with Crippen molar-refractivity contribution >= 4 is 7.75 Å². The summed E-state index contributed by atoms with van der Waals surface area (Å²) in [5, 5.41) is 0. The summed E-state index contributed by atoms with van der Waals surface area (Å²) >= 11 is 0. The van der Waals surface area contributed by atoms with Gasteiger partial charge < -0.3 is 0 Å². The Kier molecular flexibility index (Phi) is 1.82. The predicted octanol–water partition coefficient (Wildman–Crippen LogP) is -0.775. The minimum atomic E-state index is -3.92. The Morgan fingerprint density at radius 2 is 1.50 bits per heavy atom. The van der Waals surface area contributed by atoms with E-state index in [1.165, 1.54) is 0 Å². The molecule has 5 nitrogen and oxygen atoms in total. The first-order valence-corrected chi connectivity index (χ1v) is 5.75. The second kappa shape index (κ2) is 2.53. The van der Waals surface area contributed by atoms with Crippen molar-refractivity contribution in [2.24, 2.45) is 0 Å². The molecule has 0 aromatic carbocycles. The molecular formula is C6H14N2O3P+. The zero-order valence-electron chi connectivity index (χ0n) is 6.89. The molecule has 0 radical (unpaired) electrons. The van der Waals surface area contributed by atoms with Crippen LogP contribution in [-0.2, 0) is 4.57 Å². The summed E-state index contributed by atoms with van der Waals surface area (Å²) in [6.07, 6.45) is 0. The van der Waals surface area contributed by atoms with E-state index in [4.69, 9.17) is 0 Å². The number of quaternary nitrogens is 1. The Morgan fingerprint density at radius 3 is 1.75 bits per heavy atom. The minimum absolute atomic E-state index is 0.0312. The molecule has 70 valence electrons. The van der Waals surface area contributed by atoms with Crippen LogP contribution in [0.25, 0.3) is 0 Å². The van der Waals surface area contributed by atoms with E-state index >= 15 is 0 Å². The lowest BCUT2D eigenvalue weighted by molar-refractivity contribution is -0.840. The van der Waals surface area contributed by atoms with E-state index in [0.717, 1.165) is 19.6 Å². The van der Waals surface area contributed by atoms with Crippen LogP contribution in [0, 0.1) is 0 Å². The maximum Gasteiger partial charge on any atom is 0.526 e. The highest BCUT2D eigenvalue weighted by Crippen LogP contribution is 2.50. The first kappa shape index (κ1) is 8.66. The van der Waals surface area contributed by atoms with Crippen LogP contribution in [-0.4, -0.2) is 58.2 Å². The van der Waals surface area contributed by atoms with Gasteiger partial charge in [-0.25, -0.2) is 8.82 Å². The average molecular weight is 193 g/mol. The number of hydrogen-bond donors (Lipinski definition) is 2. The van der Waals surface area contributed by atoms with Crippen LogP contribution in [0.3, 0.4) is 0 Å². The second-order valence-electron chi connectivity index (χ2n) is 3.62. The Balaban J connectivity index is 2.25. The van der Waals surface area contributed by atoms with E-state index in [2.05, 4.69) is 4.90 Å². The molecule has 3 saturated heterocycles. The summed E-state index contributed by atoms with van der Waals surface area (Å²) in [7, 11) is -3.92. The van der Waals surface area contributed by atoms with Crippen LogP contribution in [0.5, 0.6) is 0 Å². The van der Waals surface area contributed by atoms with Crippen LogP contribution in [0.2, 0.25) is 0 Å². The third kappa shape index (κ3) is 1.13. The molecule has 3 fully saturated rings. The molecule has 0 saturated carbocycles. The fourth-order valence-electron chi connectivity index (χ4n) is 2.04. The summed E-state index contributed by atoms with van der Waals surface area (Å²) in [5.41, 5.74) is 0. The first-order valence-electron chi connectivity index (χ1n) is 4.18. The maximum atomic E-state index is 11.2. The van der Waals surface area contributed by atoms with E-state index in [1.54, 1.807) is 0 Å². The Bertz CT molecular complexity index is 217. The molecule has 3 aliphatic heterocycles. The topological polar surface area (TPSA) is 60.8 Å². The standard InChI is InChI=1S/C6H13N2O3P/c9-12(10,11)8-4-1-7(2-5-8)3-6-8/h1-6H2,(H-,9,10,11)/p+1. The molecule has 2 N–H and O–H groups in total. The summed E-state index contributed by atoms with van der Waals surface area (Å²) in [6.45, 7) is 4.36. The number of nitrogens with zero attached hydrogens (tertiary/aromatic N) is 2. The monoisotopic (exact) mass is 193 g/mol. The Hall–Kier alpha value is 0.0700. The Labute approximate surface area is 71.4 Å². The van der Waals surface area contributed by atoms with Gasteiger partial charge in [-0.15, -0.1) is 0 Å². The zero-order chi connectivity index (χ0) is 8.82. The van der Waals surface area contributed by atoms with E-state index in [9.17, 15) is 14.4 Å². The number of piperazine rings is 3. The largest absolute Gasteiger partial charge is 0.526 e. The van der Waals surface area contributed by atoms with Gasteiger partial charge in [0, 0.05) is 19.6 Å². The maximum absolute atomic E-state index is 11.2.